The predicted octanol–water partition coefficient (Wildman–Crippen LogP) is 4.10. The normalized spacial score (nSPS) is 14.0. The molecule has 0 amide bonds. The molecule has 1 aromatic carbocycles. The second-order valence-electron chi connectivity index (χ2n) is 5.65. The maximum Gasteiger partial charge on any atom is 0.133 e. The highest BCUT2D eigenvalue weighted by Crippen LogP contribution is 2.30. The van der Waals surface area contributed by atoms with Crippen molar-refractivity contribution in [1.82, 2.24) is 9.78 Å². The minimum absolute atomic E-state index is 0.222. The zero-order valence-electron chi connectivity index (χ0n) is 12.5. The molecule has 1 aromatic heterocycles. The first-order valence-corrected chi connectivity index (χ1v) is 7.90. The molecule has 1 aliphatic rings. The summed E-state index contributed by atoms with van der Waals surface area (Å²) in [5.41, 5.74) is 3.29. The molecular weight excluding hydrogens is 265 g/mol. The van der Waals surface area contributed by atoms with Crippen LogP contribution in [0.1, 0.15) is 43.9 Å². The minimum Gasteiger partial charge on any atom is -0.370 e. The van der Waals surface area contributed by atoms with Gasteiger partial charge >= 0.3 is 0 Å². The first-order chi connectivity index (χ1) is 10.3. The van der Waals surface area contributed by atoms with E-state index < -0.39 is 0 Å². The standard InChI is InChI=1S/C17H22FN3/c1-2-3-11-19-17-15-9-4-5-10-16(15)20-21(17)14-8-6-7-13(18)12-14/h6-8,12,19H,2-5,9-11H2,1H3. The fraction of sp³-hybridized carbons (Fsp3) is 0.471. The average molecular weight is 287 g/mol. The molecule has 0 aliphatic heterocycles. The van der Waals surface area contributed by atoms with Crippen molar-refractivity contribution in [2.45, 2.75) is 45.4 Å². The quantitative estimate of drug-likeness (QED) is 0.839. The molecule has 0 spiro atoms. The first-order valence-electron chi connectivity index (χ1n) is 7.90. The van der Waals surface area contributed by atoms with E-state index in [9.17, 15) is 4.39 Å². The lowest BCUT2D eigenvalue weighted by atomic mass is 9.97. The zero-order chi connectivity index (χ0) is 14.7. The lowest BCUT2D eigenvalue weighted by Gasteiger charge is -2.13. The summed E-state index contributed by atoms with van der Waals surface area (Å²) in [5, 5.41) is 8.25. The van der Waals surface area contributed by atoms with Crippen LogP contribution in [0.15, 0.2) is 24.3 Å². The number of nitrogens with one attached hydrogen (secondary N) is 1. The molecule has 0 saturated carbocycles. The van der Waals surface area contributed by atoms with Crippen molar-refractivity contribution in [2.75, 3.05) is 11.9 Å². The van der Waals surface area contributed by atoms with Gasteiger partial charge in [0.15, 0.2) is 0 Å². The van der Waals surface area contributed by atoms with E-state index >= 15 is 0 Å². The molecule has 3 rings (SSSR count). The van der Waals surface area contributed by atoms with Crippen molar-refractivity contribution in [3.05, 3.63) is 41.3 Å². The molecule has 21 heavy (non-hydrogen) atoms. The first kappa shape index (κ1) is 14.1. The summed E-state index contributed by atoms with van der Waals surface area (Å²) in [7, 11) is 0. The highest BCUT2D eigenvalue weighted by molar-refractivity contribution is 5.54. The summed E-state index contributed by atoms with van der Waals surface area (Å²) in [4.78, 5) is 0. The number of nitrogens with zero attached hydrogens (tertiary/aromatic N) is 2. The molecule has 0 fully saturated rings. The van der Waals surface area contributed by atoms with Crippen molar-refractivity contribution in [3.8, 4) is 5.69 Å². The van der Waals surface area contributed by atoms with Gasteiger partial charge in [0.2, 0.25) is 0 Å². The van der Waals surface area contributed by atoms with Crippen LogP contribution in [0.25, 0.3) is 5.69 Å². The summed E-state index contributed by atoms with van der Waals surface area (Å²) in [6.45, 7) is 3.12. The molecule has 2 aromatic rings. The molecule has 4 heteroatoms. The van der Waals surface area contributed by atoms with Crippen LogP contribution in [0, 0.1) is 5.82 Å². The third-order valence-corrected chi connectivity index (χ3v) is 4.03. The molecule has 112 valence electrons. The van der Waals surface area contributed by atoms with E-state index in [0.717, 1.165) is 43.7 Å². The van der Waals surface area contributed by atoms with Gasteiger partial charge in [0.05, 0.1) is 11.4 Å². The van der Waals surface area contributed by atoms with Gasteiger partial charge in [-0.25, -0.2) is 9.07 Å². The average Bonchev–Trinajstić information content (AvgIpc) is 2.87. The Morgan fingerprint density at radius 3 is 2.95 bits per heavy atom. The Balaban J connectivity index is 1.99. The molecule has 0 unspecified atom stereocenters. The lowest BCUT2D eigenvalue weighted by Crippen LogP contribution is -2.09. The number of hydrogen-bond donors (Lipinski definition) is 1. The van der Waals surface area contributed by atoms with Gasteiger partial charge in [0.25, 0.3) is 0 Å². The van der Waals surface area contributed by atoms with Crippen LogP contribution in [0.3, 0.4) is 0 Å². The summed E-state index contributed by atoms with van der Waals surface area (Å²) >= 11 is 0. The Morgan fingerprint density at radius 1 is 1.29 bits per heavy atom. The smallest absolute Gasteiger partial charge is 0.133 e. The number of aryl methyl sites for hydroxylation is 1. The summed E-state index contributed by atoms with van der Waals surface area (Å²) in [6.07, 6.45) is 6.79. The number of aromatic nitrogens is 2. The predicted molar refractivity (Wildman–Crippen MR) is 83.6 cm³/mol. The summed E-state index contributed by atoms with van der Waals surface area (Å²) in [6, 6.07) is 6.66. The second kappa shape index (κ2) is 6.29. The van der Waals surface area contributed by atoms with E-state index in [-0.39, 0.29) is 5.82 Å². The summed E-state index contributed by atoms with van der Waals surface area (Å²) in [5.74, 6) is 0.837. The topological polar surface area (TPSA) is 29.9 Å². The maximum atomic E-state index is 13.5. The highest BCUT2D eigenvalue weighted by atomic mass is 19.1. The number of rotatable bonds is 5. The number of benzene rings is 1. The fourth-order valence-corrected chi connectivity index (χ4v) is 2.91. The van der Waals surface area contributed by atoms with Crippen LogP contribution in [-0.2, 0) is 12.8 Å². The Kier molecular flexibility index (Phi) is 4.23. The van der Waals surface area contributed by atoms with Gasteiger partial charge in [-0.2, -0.15) is 5.10 Å². The van der Waals surface area contributed by atoms with Gasteiger partial charge < -0.3 is 5.32 Å². The van der Waals surface area contributed by atoms with Crippen molar-refractivity contribution in [2.24, 2.45) is 0 Å². The van der Waals surface area contributed by atoms with E-state index in [4.69, 9.17) is 5.10 Å². The van der Waals surface area contributed by atoms with E-state index in [1.165, 1.54) is 30.2 Å². The molecule has 1 heterocycles. The molecule has 1 aliphatic carbocycles. The minimum atomic E-state index is -0.222. The van der Waals surface area contributed by atoms with E-state index in [2.05, 4.69) is 12.2 Å². The lowest BCUT2D eigenvalue weighted by molar-refractivity contribution is 0.625. The van der Waals surface area contributed by atoms with Crippen molar-refractivity contribution in [3.63, 3.8) is 0 Å². The largest absolute Gasteiger partial charge is 0.370 e. The van der Waals surface area contributed by atoms with E-state index in [1.54, 1.807) is 12.1 Å². The van der Waals surface area contributed by atoms with E-state index in [0.29, 0.717) is 0 Å². The zero-order valence-corrected chi connectivity index (χ0v) is 12.5. The van der Waals surface area contributed by atoms with E-state index in [1.807, 2.05) is 10.7 Å². The monoisotopic (exact) mass is 287 g/mol. The Labute approximate surface area is 125 Å². The van der Waals surface area contributed by atoms with Gasteiger partial charge in [-0.15, -0.1) is 0 Å². The molecule has 0 atom stereocenters. The van der Waals surface area contributed by atoms with Crippen LogP contribution >= 0.6 is 0 Å². The second-order valence-corrected chi connectivity index (χ2v) is 5.65. The third kappa shape index (κ3) is 2.94. The number of unbranched alkanes of at least 4 members (excludes halogenated alkanes) is 1. The molecule has 0 bridgehead atoms. The van der Waals surface area contributed by atoms with Gasteiger partial charge in [-0.05, 0) is 50.3 Å². The van der Waals surface area contributed by atoms with Crippen LogP contribution in [-0.4, -0.2) is 16.3 Å². The molecule has 1 N–H and O–H groups in total. The van der Waals surface area contributed by atoms with Crippen LogP contribution in [0.4, 0.5) is 10.2 Å². The number of hydrogen-bond acceptors (Lipinski definition) is 2. The van der Waals surface area contributed by atoms with Gasteiger partial charge in [-0.3, -0.25) is 0 Å². The molecule has 0 saturated heterocycles. The van der Waals surface area contributed by atoms with Crippen LogP contribution in [0.2, 0.25) is 0 Å². The van der Waals surface area contributed by atoms with Gasteiger partial charge in [0.1, 0.15) is 11.6 Å². The Bertz CT molecular complexity index is 618. The number of fused-ring (bicyclic) bond motifs is 1. The van der Waals surface area contributed by atoms with Crippen molar-refractivity contribution in [1.29, 1.82) is 0 Å². The number of anilines is 1. The fourth-order valence-electron chi connectivity index (χ4n) is 2.91. The van der Waals surface area contributed by atoms with Crippen molar-refractivity contribution >= 4 is 5.82 Å². The molecular formula is C17H22FN3. The van der Waals surface area contributed by atoms with Gasteiger partial charge in [0, 0.05) is 12.1 Å². The number of halogens is 1. The maximum absolute atomic E-state index is 13.5. The Morgan fingerprint density at radius 2 is 2.14 bits per heavy atom. The van der Waals surface area contributed by atoms with Crippen molar-refractivity contribution < 1.29 is 4.39 Å². The molecule has 0 radical (unpaired) electrons. The van der Waals surface area contributed by atoms with Crippen LogP contribution < -0.4 is 5.32 Å². The third-order valence-electron chi connectivity index (χ3n) is 4.03. The highest BCUT2D eigenvalue weighted by Gasteiger charge is 2.21. The molecule has 3 nitrogen and oxygen atoms in total. The van der Waals surface area contributed by atoms with Crippen LogP contribution in [0.5, 0.6) is 0 Å². The SMILES string of the molecule is CCCCNc1c2c(nn1-c1cccc(F)c1)CCCC2. The Hall–Kier alpha value is -1.84. The van der Waals surface area contributed by atoms with Gasteiger partial charge in [-0.1, -0.05) is 19.4 Å². The summed E-state index contributed by atoms with van der Waals surface area (Å²) < 4.78 is 15.4.